The zero-order valence-electron chi connectivity index (χ0n) is 14.6. The SMILES string of the molecule is CC(OCCC1CCN(C(=O)OC(C)(C)C)CC1)c1nccs1. The molecular weight excluding hydrogens is 312 g/mol. The predicted molar refractivity (Wildman–Crippen MR) is 91.6 cm³/mol. The summed E-state index contributed by atoms with van der Waals surface area (Å²) < 4.78 is 11.3. The molecule has 1 amide bonds. The number of thiazole rings is 1. The molecule has 0 aromatic carbocycles. The molecule has 0 bridgehead atoms. The van der Waals surface area contributed by atoms with Crippen LogP contribution in [-0.4, -0.2) is 41.3 Å². The van der Waals surface area contributed by atoms with E-state index in [1.807, 2.05) is 44.2 Å². The van der Waals surface area contributed by atoms with Crippen LogP contribution in [0.15, 0.2) is 11.6 Å². The van der Waals surface area contributed by atoms with Gasteiger partial charge in [-0.25, -0.2) is 9.78 Å². The molecule has 1 aromatic rings. The Balaban J connectivity index is 1.64. The fourth-order valence-electron chi connectivity index (χ4n) is 2.65. The predicted octanol–water partition coefficient (Wildman–Crippen LogP) is 4.26. The van der Waals surface area contributed by atoms with Gasteiger partial charge in [0, 0.05) is 31.3 Å². The van der Waals surface area contributed by atoms with Crippen molar-refractivity contribution in [3.05, 3.63) is 16.6 Å². The van der Waals surface area contributed by atoms with Crippen molar-refractivity contribution < 1.29 is 14.3 Å². The molecule has 0 saturated carbocycles. The summed E-state index contributed by atoms with van der Waals surface area (Å²) in [6.07, 6.45) is 4.77. The van der Waals surface area contributed by atoms with Gasteiger partial charge < -0.3 is 14.4 Å². The number of nitrogens with zero attached hydrogens (tertiary/aromatic N) is 2. The monoisotopic (exact) mass is 340 g/mol. The number of likely N-dealkylation sites (tertiary alicyclic amines) is 1. The molecule has 5 nitrogen and oxygen atoms in total. The van der Waals surface area contributed by atoms with Gasteiger partial charge in [-0.3, -0.25) is 0 Å². The molecule has 1 fully saturated rings. The average Bonchev–Trinajstić information content (AvgIpc) is 3.00. The van der Waals surface area contributed by atoms with Gasteiger partial charge in [0.15, 0.2) is 0 Å². The number of amides is 1. The maximum atomic E-state index is 12.0. The van der Waals surface area contributed by atoms with Gasteiger partial charge in [-0.15, -0.1) is 11.3 Å². The number of hydrogen-bond donors (Lipinski definition) is 0. The fourth-order valence-corrected chi connectivity index (χ4v) is 3.29. The van der Waals surface area contributed by atoms with Crippen LogP contribution in [-0.2, 0) is 9.47 Å². The minimum atomic E-state index is -0.423. The van der Waals surface area contributed by atoms with Crippen molar-refractivity contribution in [3.63, 3.8) is 0 Å². The molecule has 1 aliphatic rings. The Hall–Kier alpha value is -1.14. The van der Waals surface area contributed by atoms with Crippen LogP contribution in [0, 0.1) is 5.92 Å². The molecule has 1 unspecified atom stereocenters. The minimum Gasteiger partial charge on any atom is -0.444 e. The highest BCUT2D eigenvalue weighted by Gasteiger charge is 2.26. The summed E-state index contributed by atoms with van der Waals surface area (Å²) in [6.45, 7) is 10.1. The lowest BCUT2D eigenvalue weighted by Gasteiger charge is -2.33. The Kier molecular flexibility index (Phi) is 6.41. The largest absolute Gasteiger partial charge is 0.444 e. The molecule has 0 radical (unpaired) electrons. The fraction of sp³-hybridized carbons (Fsp3) is 0.765. The average molecular weight is 340 g/mol. The highest BCUT2D eigenvalue weighted by Crippen LogP contribution is 2.24. The third-order valence-electron chi connectivity index (χ3n) is 3.96. The topological polar surface area (TPSA) is 51.7 Å². The first-order chi connectivity index (χ1) is 10.8. The molecular formula is C17H28N2O3S. The van der Waals surface area contributed by atoms with Crippen LogP contribution >= 0.6 is 11.3 Å². The molecule has 2 rings (SSSR count). The van der Waals surface area contributed by atoms with Crippen LogP contribution in [0.5, 0.6) is 0 Å². The second-order valence-corrected chi connectivity index (χ2v) is 8.01. The maximum absolute atomic E-state index is 12.0. The Morgan fingerprint density at radius 3 is 2.70 bits per heavy atom. The van der Waals surface area contributed by atoms with E-state index in [0.29, 0.717) is 5.92 Å². The van der Waals surface area contributed by atoms with E-state index in [1.165, 1.54) is 0 Å². The first-order valence-corrected chi connectivity index (χ1v) is 9.22. The number of carbonyl (C=O) groups is 1. The second kappa shape index (κ2) is 8.11. The Morgan fingerprint density at radius 1 is 1.43 bits per heavy atom. The number of carbonyl (C=O) groups excluding carboxylic acids is 1. The smallest absolute Gasteiger partial charge is 0.410 e. The van der Waals surface area contributed by atoms with Crippen molar-refractivity contribution in [2.24, 2.45) is 5.92 Å². The van der Waals surface area contributed by atoms with Crippen LogP contribution in [0.2, 0.25) is 0 Å². The van der Waals surface area contributed by atoms with Gasteiger partial charge in [0.25, 0.3) is 0 Å². The van der Waals surface area contributed by atoms with Gasteiger partial charge in [0.2, 0.25) is 0 Å². The molecule has 6 heteroatoms. The van der Waals surface area contributed by atoms with E-state index in [4.69, 9.17) is 9.47 Å². The van der Waals surface area contributed by atoms with E-state index in [1.54, 1.807) is 11.3 Å². The molecule has 1 aromatic heterocycles. The van der Waals surface area contributed by atoms with E-state index >= 15 is 0 Å². The lowest BCUT2D eigenvalue weighted by molar-refractivity contribution is 0.0145. The Bertz CT molecular complexity index is 477. The van der Waals surface area contributed by atoms with E-state index in [0.717, 1.165) is 44.0 Å². The van der Waals surface area contributed by atoms with Gasteiger partial charge in [0.1, 0.15) is 16.7 Å². The summed E-state index contributed by atoms with van der Waals surface area (Å²) in [5, 5.41) is 3.01. The first-order valence-electron chi connectivity index (χ1n) is 8.34. The van der Waals surface area contributed by atoms with E-state index in [2.05, 4.69) is 4.98 Å². The van der Waals surface area contributed by atoms with Gasteiger partial charge in [-0.05, 0) is 52.9 Å². The van der Waals surface area contributed by atoms with E-state index in [9.17, 15) is 4.79 Å². The lowest BCUT2D eigenvalue weighted by atomic mass is 9.94. The van der Waals surface area contributed by atoms with Gasteiger partial charge in [0.05, 0.1) is 0 Å². The lowest BCUT2D eigenvalue weighted by Crippen LogP contribution is -2.41. The third-order valence-corrected chi connectivity index (χ3v) is 4.90. The van der Waals surface area contributed by atoms with Crippen molar-refractivity contribution in [1.29, 1.82) is 0 Å². The van der Waals surface area contributed by atoms with Crippen LogP contribution in [0.1, 0.15) is 58.1 Å². The summed E-state index contributed by atoms with van der Waals surface area (Å²) in [4.78, 5) is 18.1. The van der Waals surface area contributed by atoms with E-state index < -0.39 is 5.60 Å². The first kappa shape index (κ1) is 18.2. The normalized spacial score (nSPS) is 18.0. The Morgan fingerprint density at radius 2 is 2.13 bits per heavy atom. The van der Waals surface area contributed by atoms with Crippen LogP contribution in [0.3, 0.4) is 0 Å². The summed E-state index contributed by atoms with van der Waals surface area (Å²) in [5.41, 5.74) is -0.423. The zero-order valence-corrected chi connectivity index (χ0v) is 15.4. The molecule has 2 heterocycles. The maximum Gasteiger partial charge on any atom is 0.410 e. The molecule has 0 aliphatic carbocycles. The molecule has 1 saturated heterocycles. The molecule has 1 aliphatic heterocycles. The number of ether oxygens (including phenoxy) is 2. The zero-order chi connectivity index (χ0) is 16.9. The highest BCUT2D eigenvalue weighted by atomic mass is 32.1. The standard InChI is InChI=1S/C17H28N2O3S/c1-13(15-18-8-12-23-15)21-11-7-14-5-9-19(10-6-14)16(20)22-17(2,3)4/h8,12-14H,5-7,9-11H2,1-4H3. The third kappa shape index (κ3) is 6.11. The van der Waals surface area contributed by atoms with Crippen molar-refractivity contribution in [1.82, 2.24) is 9.88 Å². The van der Waals surface area contributed by atoms with Crippen molar-refractivity contribution >= 4 is 17.4 Å². The van der Waals surface area contributed by atoms with Crippen molar-refractivity contribution in [2.75, 3.05) is 19.7 Å². The number of aromatic nitrogens is 1. The van der Waals surface area contributed by atoms with Gasteiger partial charge in [-0.1, -0.05) is 0 Å². The molecule has 0 spiro atoms. The molecule has 23 heavy (non-hydrogen) atoms. The van der Waals surface area contributed by atoms with Gasteiger partial charge >= 0.3 is 6.09 Å². The van der Waals surface area contributed by atoms with Crippen LogP contribution in [0.4, 0.5) is 4.79 Å². The van der Waals surface area contributed by atoms with Crippen molar-refractivity contribution in [3.8, 4) is 0 Å². The Labute approximate surface area is 143 Å². The number of hydrogen-bond acceptors (Lipinski definition) is 5. The number of piperidine rings is 1. The molecule has 130 valence electrons. The van der Waals surface area contributed by atoms with E-state index in [-0.39, 0.29) is 12.2 Å². The molecule has 0 N–H and O–H groups in total. The molecule has 1 atom stereocenters. The van der Waals surface area contributed by atoms with Crippen LogP contribution in [0.25, 0.3) is 0 Å². The second-order valence-electron chi connectivity index (χ2n) is 7.08. The number of rotatable bonds is 5. The van der Waals surface area contributed by atoms with Crippen molar-refractivity contribution in [2.45, 2.75) is 58.7 Å². The summed E-state index contributed by atoms with van der Waals surface area (Å²) in [7, 11) is 0. The summed E-state index contributed by atoms with van der Waals surface area (Å²) >= 11 is 1.63. The van der Waals surface area contributed by atoms with Crippen LogP contribution < -0.4 is 0 Å². The van der Waals surface area contributed by atoms with Gasteiger partial charge in [-0.2, -0.15) is 0 Å². The highest BCUT2D eigenvalue weighted by molar-refractivity contribution is 7.09. The summed E-state index contributed by atoms with van der Waals surface area (Å²) in [6, 6.07) is 0. The summed E-state index contributed by atoms with van der Waals surface area (Å²) in [5.74, 6) is 0.622. The quantitative estimate of drug-likeness (QED) is 0.804. The minimum absolute atomic E-state index is 0.0665.